The van der Waals surface area contributed by atoms with Crippen molar-refractivity contribution in [3.63, 3.8) is 0 Å². The van der Waals surface area contributed by atoms with E-state index in [-0.39, 0.29) is 0 Å². The molecule has 0 bridgehead atoms. The van der Waals surface area contributed by atoms with E-state index in [1.54, 1.807) is 27.5 Å². The molecule has 0 saturated carbocycles. The molecule has 7 nitrogen and oxygen atoms in total. The summed E-state index contributed by atoms with van der Waals surface area (Å²) in [5, 5.41) is 6.46. The quantitative estimate of drug-likeness (QED) is 0.627. The number of methoxy groups -OCH3 is 3. The summed E-state index contributed by atoms with van der Waals surface area (Å²) >= 11 is 0. The minimum absolute atomic E-state index is 0.488. The first-order valence-corrected chi connectivity index (χ1v) is 8.40. The Balaban J connectivity index is 1.66. The Labute approximate surface area is 158 Å². The SMILES string of the molecule is COc1ccc(CNc2ccnc(Nc3ccc(OC)c(OC)c3)n2)cc1. The predicted molar refractivity (Wildman–Crippen MR) is 105 cm³/mol. The van der Waals surface area contributed by atoms with Crippen LogP contribution in [0.2, 0.25) is 0 Å². The van der Waals surface area contributed by atoms with Crippen molar-refractivity contribution in [2.45, 2.75) is 6.54 Å². The lowest BCUT2D eigenvalue weighted by molar-refractivity contribution is 0.355. The fraction of sp³-hybridized carbons (Fsp3) is 0.200. The maximum absolute atomic E-state index is 5.32. The zero-order valence-corrected chi connectivity index (χ0v) is 15.5. The molecule has 2 aromatic carbocycles. The highest BCUT2D eigenvalue weighted by Gasteiger charge is 2.06. The average Bonchev–Trinajstić information content (AvgIpc) is 2.73. The Kier molecular flexibility index (Phi) is 5.94. The van der Waals surface area contributed by atoms with Gasteiger partial charge in [0.1, 0.15) is 11.6 Å². The van der Waals surface area contributed by atoms with Gasteiger partial charge in [-0.25, -0.2) is 4.98 Å². The molecule has 0 radical (unpaired) electrons. The molecule has 7 heteroatoms. The van der Waals surface area contributed by atoms with Gasteiger partial charge in [-0.3, -0.25) is 0 Å². The zero-order chi connectivity index (χ0) is 19.1. The topological polar surface area (TPSA) is 77.5 Å². The van der Waals surface area contributed by atoms with Crippen molar-refractivity contribution >= 4 is 17.5 Å². The Morgan fingerprint density at radius 2 is 1.63 bits per heavy atom. The third-order valence-corrected chi connectivity index (χ3v) is 3.93. The van der Waals surface area contributed by atoms with Crippen LogP contribution in [-0.2, 0) is 6.54 Å². The van der Waals surface area contributed by atoms with Crippen LogP contribution in [0, 0.1) is 0 Å². The number of hydrogen-bond acceptors (Lipinski definition) is 7. The molecule has 0 spiro atoms. The van der Waals surface area contributed by atoms with E-state index in [0.29, 0.717) is 24.0 Å². The van der Waals surface area contributed by atoms with Crippen LogP contribution in [0.15, 0.2) is 54.7 Å². The van der Waals surface area contributed by atoms with Crippen molar-refractivity contribution in [3.05, 3.63) is 60.3 Å². The molecule has 3 rings (SSSR count). The van der Waals surface area contributed by atoms with E-state index in [9.17, 15) is 0 Å². The molecule has 0 fully saturated rings. The smallest absolute Gasteiger partial charge is 0.229 e. The molecule has 1 heterocycles. The number of rotatable bonds is 8. The van der Waals surface area contributed by atoms with Gasteiger partial charge < -0.3 is 24.8 Å². The van der Waals surface area contributed by atoms with Crippen LogP contribution in [0.5, 0.6) is 17.2 Å². The van der Waals surface area contributed by atoms with Crippen LogP contribution >= 0.6 is 0 Å². The maximum atomic E-state index is 5.32. The number of benzene rings is 2. The summed E-state index contributed by atoms with van der Waals surface area (Å²) in [7, 11) is 4.86. The number of anilines is 3. The second-order valence-electron chi connectivity index (χ2n) is 5.66. The summed E-state index contributed by atoms with van der Waals surface area (Å²) in [6.45, 7) is 0.650. The fourth-order valence-electron chi connectivity index (χ4n) is 2.50. The Morgan fingerprint density at radius 3 is 2.33 bits per heavy atom. The first kappa shape index (κ1) is 18.3. The summed E-state index contributed by atoms with van der Waals surface area (Å²) in [6, 6.07) is 15.2. The average molecular weight is 366 g/mol. The number of nitrogens with one attached hydrogen (secondary N) is 2. The minimum Gasteiger partial charge on any atom is -0.497 e. The van der Waals surface area contributed by atoms with Crippen LogP contribution < -0.4 is 24.8 Å². The summed E-state index contributed by atoms with van der Waals surface area (Å²) in [4.78, 5) is 8.74. The van der Waals surface area contributed by atoms with Gasteiger partial charge in [0, 0.05) is 24.5 Å². The van der Waals surface area contributed by atoms with Crippen molar-refractivity contribution in [1.82, 2.24) is 9.97 Å². The molecule has 0 saturated heterocycles. The monoisotopic (exact) mass is 366 g/mol. The van der Waals surface area contributed by atoms with Crippen LogP contribution in [0.4, 0.5) is 17.5 Å². The highest BCUT2D eigenvalue weighted by Crippen LogP contribution is 2.30. The lowest BCUT2D eigenvalue weighted by atomic mass is 10.2. The number of hydrogen-bond donors (Lipinski definition) is 2. The molecule has 0 aliphatic carbocycles. The van der Waals surface area contributed by atoms with Gasteiger partial charge in [0.2, 0.25) is 5.95 Å². The van der Waals surface area contributed by atoms with Gasteiger partial charge in [0.25, 0.3) is 0 Å². The third-order valence-electron chi connectivity index (χ3n) is 3.93. The summed E-state index contributed by atoms with van der Waals surface area (Å²) in [5.74, 6) is 3.35. The highest BCUT2D eigenvalue weighted by molar-refractivity contribution is 5.60. The number of ether oxygens (including phenoxy) is 3. The molecule has 0 aliphatic rings. The van der Waals surface area contributed by atoms with E-state index in [1.165, 1.54) is 0 Å². The number of nitrogens with zero attached hydrogens (tertiary/aromatic N) is 2. The second kappa shape index (κ2) is 8.75. The van der Waals surface area contributed by atoms with Gasteiger partial charge >= 0.3 is 0 Å². The van der Waals surface area contributed by atoms with E-state index in [4.69, 9.17) is 14.2 Å². The zero-order valence-electron chi connectivity index (χ0n) is 15.5. The predicted octanol–water partition coefficient (Wildman–Crippen LogP) is 3.86. The van der Waals surface area contributed by atoms with E-state index in [2.05, 4.69) is 20.6 Å². The fourth-order valence-corrected chi connectivity index (χ4v) is 2.50. The molecule has 0 unspecified atom stereocenters. The molecule has 140 valence electrons. The van der Waals surface area contributed by atoms with Crippen LogP contribution in [-0.4, -0.2) is 31.3 Å². The molecular formula is C20H22N4O3. The van der Waals surface area contributed by atoms with Gasteiger partial charge in [-0.1, -0.05) is 12.1 Å². The summed E-state index contributed by atoms with van der Waals surface area (Å²) in [6.07, 6.45) is 1.70. The van der Waals surface area contributed by atoms with Crippen LogP contribution in [0.1, 0.15) is 5.56 Å². The highest BCUT2D eigenvalue weighted by atomic mass is 16.5. The molecule has 0 amide bonds. The Morgan fingerprint density at radius 1 is 0.852 bits per heavy atom. The lowest BCUT2D eigenvalue weighted by Gasteiger charge is -2.11. The first-order chi connectivity index (χ1) is 13.2. The first-order valence-electron chi connectivity index (χ1n) is 8.40. The Hall–Kier alpha value is -3.48. The van der Waals surface area contributed by atoms with Gasteiger partial charge in [-0.05, 0) is 35.9 Å². The van der Waals surface area contributed by atoms with Crippen molar-refractivity contribution in [2.24, 2.45) is 0 Å². The molecule has 0 atom stereocenters. The normalized spacial score (nSPS) is 10.2. The van der Waals surface area contributed by atoms with E-state index >= 15 is 0 Å². The van der Waals surface area contributed by atoms with Gasteiger partial charge in [0.05, 0.1) is 21.3 Å². The Bertz CT molecular complexity index is 885. The molecule has 3 aromatic rings. The molecule has 27 heavy (non-hydrogen) atoms. The number of aromatic nitrogens is 2. The van der Waals surface area contributed by atoms with Crippen LogP contribution in [0.3, 0.4) is 0 Å². The van der Waals surface area contributed by atoms with Gasteiger partial charge in [0.15, 0.2) is 11.5 Å². The van der Waals surface area contributed by atoms with E-state index < -0.39 is 0 Å². The lowest BCUT2D eigenvalue weighted by Crippen LogP contribution is -2.04. The van der Waals surface area contributed by atoms with Crippen molar-refractivity contribution in [2.75, 3.05) is 32.0 Å². The van der Waals surface area contributed by atoms with Crippen molar-refractivity contribution in [3.8, 4) is 17.2 Å². The van der Waals surface area contributed by atoms with Crippen molar-refractivity contribution in [1.29, 1.82) is 0 Å². The largest absolute Gasteiger partial charge is 0.497 e. The van der Waals surface area contributed by atoms with E-state index in [1.807, 2.05) is 48.5 Å². The summed E-state index contributed by atoms with van der Waals surface area (Å²) in [5.41, 5.74) is 1.93. The molecular weight excluding hydrogens is 344 g/mol. The molecule has 2 N–H and O–H groups in total. The summed E-state index contributed by atoms with van der Waals surface area (Å²) < 4.78 is 15.7. The molecule has 1 aromatic heterocycles. The van der Waals surface area contributed by atoms with E-state index in [0.717, 1.165) is 22.8 Å². The minimum atomic E-state index is 0.488. The van der Waals surface area contributed by atoms with Crippen LogP contribution in [0.25, 0.3) is 0 Å². The maximum Gasteiger partial charge on any atom is 0.229 e. The standard InChI is InChI=1S/C20H22N4O3/c1-25-16-7-4-14(5-8-16)13-22-19-10-11-21-20(24-19)23-15-6-9-17(26-2)18(12-15)27-3/h4-12H,13H2,1-3H3,(H2,21,22,23,24). The third kappa shape index (κ3) is 4.78. The van der Waals surface area contributed by atoms with Gasteiger partial charge in [-0.15, -0.1) is 0 Å². The second-order valence-corrected chi connectivity index (χ2v) is 5.66. The van der Waals surface area contributed by atoms with Crippen molar-refractivity contribution < 1.29 is 14.2 Å². The van der Waals surface area contributed by atoms with Gasteiger partial charge in [-0.2, -0.15) is 4.98 Å². The molecule has 0 aliphatic heterocycles.